The summed E-state index contributed by atoms with van der Waals surface area (Å²) >= 11 is 0. The highest BCUT2D eigenvalue weighted by Crippen LogP contribution is 1.97. The minimum Gasteiger partial charge on any atom is -0.463 e. The predicted octanol–water partition coefficient (Wildman–Crippen LogP) is 2.16. The van der Waals surface area contributed by atoms with E-state index in [4.69, 9.17) is 4.74 Å². The molecule has 0 unspecified atom stereocenters. The van der Waals surface area contributed by atoms with Crippen LogP contribution >= 0.6 is 0 Å². The highest BCUT2D eigenvalue weighted by Gasteiger charge is 1.96. The number of aromatic amines is 1. The van der Waals surface area contributed by atoms with Crippen LogP contribution in [0.3, 0.4) is 0 Å². The number of esters is 1. The molecule has 0 spiro atoms. The first-order valence-electron chi connectivity index (χ1n) is 5.16. The molecule has 82 valence electrons. The zero-order valence-corrected chi connectivity index (χ0v) is 8.90. The number of imidazole rings is 1. The van der Waals surface area contributed by atoms with Crippen LogP contribution in [0.15, 0.2) is 18.6 Å². The molecule has 0 aromatic carbocycles. The third-order valence-corrected chi connectivity index (χ3v) is 1.91. The van der Waals surface area contributed by atoms with Crippen LogP contribution in [0.4, 0.5) is 0 Å². The average Bonchev–Trinajstić information content (AvgIpc) is 2.74. The number of hydrogen-bond acceptors (Lipinski definition) is 3. The number of aromatic nitrogens is 2. The minimum atomic E-state index is -0.305. The maximum atomic E-state index is 11.2. The molecule has 0 aliphatic carbocycles. The molecule has 0 fully saturated rings. The molecule has 1 N–H and O–H groups in total. The number of nitrogens with one attached hydrogen (secondary N) is 1. The Morgan fingerprint density at radius 1 is 1.60 bits per heavy atom. The monoisotopic (exact) mass is 208 g/mol. The quantitative estimate of drug-likeness (QED) is 0.443. The van der Waals surface area contributed by atoms with Crippen LogP contribution in [-0.4, -0.2) is 22.5 Å². The van der Waals surface area contributed by atoms with Crippen molar-refractivity contribution in [3.8, 4) is 0 Å². The fraction of sp³-hybridized carbons (Fsp3) is 0.455. The number of nitrogens with zero attached hydrogens (tertiary/aromatic N) is 1. The van der Waals surface area contributed by atoms with Crippen molar-refractivity contribution in [2.24, 2.45) is 0 Å². The number of unbranched alkanes of at least 4 members (excludes halogenated alkanes) is 2. The van der Waals surface area contributed by atoms with Crippen molar-refractivity contribution in [2.75, 3.05) is 6.61 Å². The summed E-state index contributed by atoms with van der Waals surface area (Å²) in [7, 11) is 0. The topological polar surface area (TPSA) is 55.0 Å². The highest BCUT2D eigenvalue weighted by atomic mass is 16.5. The zero-order valence-electron chi connectivity index (χ0n) is 8.90. The Kier molecular flexibility index (Phi) is 5.22. The number of hydrogen-bond donors (Lipinski definition) is 1. The lowest BCUT2D eigenvalue weighted by Gasteiger charge is -1.99. The molecular formula is C11H16N2O2. The van der Waals surface area contributed by atoms with Crippen LogP contribution in [0.5, 0.6) is 0 Å². The maximum absolute atomic E-state index is 11.2. The lowest BCUT2D eigenvalue weighted by molar-refractivity contribution is -0.137. The fourth-order valence-corrected chi connectivity index (χ4v) is 1.09. The molecular weight excluding hydrogens is 192 g/mol. The first kappa shape index (κ1) is 11.5. The SMILES string of the molecule is CCCCCOC(=O)/C=C/c1cnc[nH]1. The van der Waals surface area contributed by atoms with Crippen molar-refractivity contribution in [3.63, 3.8) is 0 Å². The van der Waals surface area contributed by atoms with Crippen LogP contribution in [0.2, 0.25) is 0 Å². The van der Waals surface area contributed by atoms with Gasteiger partial charge in [0.25, 0.3) is 0 Å². The van der Waals surface area contributed by atoms with Crippen LogP contribution in [-0.2, 0) is 9.53 Å². The molecule has 4 heteroatoms. The van der Waals surface area contributed by atoms with E-state index >= 15 is 0 Å². The fourth-order valence-electron chi connectivity index (χ4n) is 1.09. The van der Waals surface area contributed by atoms with Crippen molar-refractivity contribution >= 4 is 12.0 Å². The summed E-state index contributed by atoms with van der Waals surface area (Å²) in [6.07, 6.45) is 9.40. The molecule has 0 radical (unpaired) electrons. The van der Waals surface area contributed by atoms with E-state index < -0.39 is 0 Å². The smallest absolute Gasteiger partial charge is 0.330 e. The Morgan fingerprint density at radius 3 is 3.13 bits per heavy atom. The number of H-pyrrole nitrogens is 1. The number of ether oxygens (including phenoxy) is 1. The van der Waals surface area contributed by atoms with Gasteiger partial charge in [-0.25, -0.2) is 9.78 Å². The van der Waals surface area contributed by atoms with Gasteiger partial charge in [-0.05, 0) is 12.5 Å². The lowest BCUT2D eigenvalue weighted by atomic mass is 10.3. The zero-order chi connectivity index (χ0) is 10.9. The molecule has 4 nitrogen and oxygen atoms in total. The van der Waals surface area contributed by atoms with Gasteiger partial charge in [0.15, 0.2) is 0 Å². The van der Waals surface area contributed by atoms with E-state index in [-0.39, 0.29) is 5.97 Å². The summed E-state index contributed by atoms with van der Waals surface area (Å²) < 4.78 is 4.98. The number of rotatable bonds is 6. The van der Waals surface area contributed by atoms with Crippen molar-refractivity contribution in [1.82, 2.24) is 9.97 Å². The molecule has 1 aromatic heterocycles. The molecule has 0 aliphatic heterocycles. The van der Waals surface area contributed by atoms with E-state index in [0.717, 1.165) is 25.0 Å². The van der Waals surface area contributed by atoms with Gasteiger partial charge in [-0.2, -0.15) is 0 Å². The molecule has 1 aromatic rings. The summed E-state index contributed by atoms with van der Waals surface area (Å²) in [6.45, 7) is 2.61. The Bertz CT molecular complexity index is 304. The molecule has 1 rings (SSSR count). The van der Waals surface area contributed by atoms with Gasteiger partial charge in [0, 0.05) is 6.08 Å². The van der Waals surface area contributed by atoms with Crippen molar-refractivity contribution in [1.29, 1.82) is 0 Å². The second-order valence-electron chi connectivity index (χ2n) is 3.21. The van der Waals surface area contributed by atoms with Gasteiger partial charge in [-0.3, -0.25) is 0 Å². The molecule has 0 amide bonds. The minimum absolute atomic E-state index is 0.305. The van der Waals surface area contributed by atoms with Gasteiger partial charge in [-0.1, -0.05) is 19.8 Å². The summed E-state index contributed by atoms with van der Waals surface area (Å²) in [4.78, 5) is 17.8. The Hall–Kier alpha value is -1.58. The van der Waals surface area contributed by atoms with Crippen LogP contribution < -0.4 is 0 Å². The summed E-state index contributed by atoms with van der Waals surface area (Å²) in [5.74, 6) is -0.305. The van der Waals surface area contributed by atoms with Gasteiger partial charge in [0.1, 0.15) is 0 Å². The van der Waals surface area contributed by atoms with Crippen molar-refractivity contribution in [2.45, 2.75) is 26.2 Å². The largest absolute Gasteiger partial charge is 0.463 e. The van der Waals surface area contributed by atoms with Gasteiger partial charge < -0.3 is 9.72 Å². The maximum Gasteiger partial charge on any atom is 0.330 e. The Labute approximate surface area is 89.4 Å². The van der Waals surface area contributed by atoms with Crippen molar-refractivity contribution in [3.05, 3.63) is 24.3 Å². The number of carbonyl (C=O) groups excluding carboxylic acids is 1. The van der Waals surface area contributed by atoms with E-state index in [1.165, 1.54) is 6.08 Å². The average molecular weight is 208 g/mol. The summed E-state index contributed by atoms with van der Waals surface area (Å²) in [6, 6.07) is 0. The van der Waals surface area contributed by atoms with E-state index in [9.17, 15) is 4.79 Å². The highest BCUT2D eigenvalue weighted by molar-refractivity contribution is 5.86. The Balaban J connectivity index is 2.18. The molecule has 0 atom stereocenters. The molecule has 0 saturated heterocycles. The van der Waals surface area contributed by atoms with Gasteiger partial charge in [0.05, 0.1) is 24.8 Å². The first-order chi connectivity index (χ1) is 7.33. The summed E-state index contributed by atoms with van der Waals surface area (Å²) in [5, 5.41) is 0. The molecule has 1 heterocycles. The van der Waals surface area contributed by atoms with E-state index in [1.54, 1.807) is 18.6 Å². The van der Waals surface area contributed by atoms with Crippen LogP contribution in [0.1, 0.15) is 31.9 Å². The van der Waals surface area contributed by atoms with E-state index in [2.05, 4.69) is 16.9 Å². The van der Waals surface area contributed by atoms with E-state index in [1.807, 2.05) is 0 Å². The molecule has 0 aliphatic rings. The van der Waals surface area contributed by atoms with Gasteiger partial charge >= 0.3 is 5.97 Å². The van der Waals surface area contributed by atoms with Crippen molar-refractivity contribution < 1.29 is 9.53 Å². The van der Waals surface area contributed by atoms with Gasteiger partial charge in [0.2, 0.25) is 0 Å². The van der Waals surface area contributed by atoms with Crippen LogP contribution in [0, 0.1) is 0 Å². The van der Waals surface area contributed by atoms with Crippen LogP contribution in [0.25, 0.3) is 6.08 Å². The standard InChI is InChI=1S/C11H16N2O2/c1-2-3-4-7-15-11(14)6-5-10-8-12-9-13-10/h5-6,8-9H,2-4,7H2,1H3,(H,12,13)/b6-5+. The second-order valence-corrected chi connectivity index (χ2v) is 3.21. The molecule has 0 bridgehead atoms. The number of carbonyl (C=O) groups is 1. The normalized spacial score (nSPS) is 10.7. The molecule has 15 heavy (non-hydrogen) atoms. The third kappa shape index (κ3) is 5.00. The Morgan fingerprint density at radius 2 is 2.47 bits per heavy atom. The first-order valence-corrected chi connectivity index (χ1v) is 5.16. The summed E-state index contributed by atoms with van der Waals surface area (Å²) in [5.41, 5.74) is 0.792. The van der Waals surface area contributed by atoms with Gasteiger partial charge in [-0.15, -0.1) is 0 Å². The van der Waals surface area contributed by atoms with E-state index in [0.29, 0.717) is 6.61 Å². The predicted molar refractivity (Wildman–Crippen MR) is 58.1 cm³/mol. The third-order valence-electron chi connectivity index (χ3n) is 1.91. The molecule has 0 saturated carbocycles. The lowest BCUT2D eigenvalue weighted by Crippen LogP contribution is -2.01. The second kappa shape index (κ2) is 6.81.